The second kappa shape index (κ2) is 6.30. The number of nitrogens with zero attached hydrogens (tertiary/aromatic N) is 1. The fraction of sp³-hybridized carbons (Fsp3) is 0.667. The van der Waals surface area contributed by atoms with Crippen LogP contribution in [0.2, 0.25) is 0 Å². The molecule has 3 atom stereocenters. The summed E-state index contributed by atoms with van der Waals surface area (Å²) in [5.74, 6) is 1.14. The van der Waals surface area contributed by atoms with Gasteiger partial charge in [0.15, 0.2) is 0 Å². The monoisotopic (exact) mass is 248 g/mol. The summed E-state index contributed by atoms with van der Waals surface area (Å²) in [6.07, 6.45) is 5.45. The molecule has 3 unspecified atom stereocenters. The number of aryl methyl sites for hydroxylation is 1. The SMILES string of the molecule is CNC(CC(C)COC)C1CCc2cccnc21. The van der Waals surface area contributed by atoms with Crippen LogP contribution in [0.15, 0.2) is 18.3 Å². The highest BCUT2D eigenvalue weighted by molar-refractivity contribution is 5.29. The van der Waals surface area contributed by atoms with Crippen molar-refractivity contribution in [3.05, 3.63) is 29.6 Å². The summed E-state index contributed by atoms with van der Waals surface area (Å²) in [5.41, 5.74) is 2.74. The molecule has 0 amide bonds. The molecule has 0 saturated carbocycles. The molecule has 1 N–H and O–H groups in total. The third-order valence-corrected chi connectivity index (χ3v) is 3.97. The molecular weight excluding hydrogens is 224 g/mol. The molecule has 18 heavy (non-hydrogen) atoms. The quantitative estimate of drug-likeness (QED) is 0.839. The first-order valence-corrected chi connectivity index (χ1v) is 6.86. The number of hydrogen-bond donors (Lipinski definition) is 1. The summed E-state index contributed by atoms with van der Waals surface area (Å²) < 4.78 is 5.24. The Labute approximate surface area is 110 Å². The Hall–Kier alpha value is -0.930. The van der Waals surface area contributed by atoms with Gasteiger partial charge in [-0.25, -0.2) is 0 Å². The molecule has 0 aromatic carbocycles. The topological polar surface area (TPSA) is 34.1 Å². The van der Waals surface area contributed by atoms with Gasteiger partial charge < -0.3 is 10.1 Å². The highest BCUT2D eigenvalue weighted by atomic mass is 16.5. The fourth-order valence-electron chi connectivity index (χ4n) is 3.10. The van der Waals surface area contributed by atoms with Crippen LogP contribution >= 0.6 is 0 Å². The molecule has 1 heterocycles. The predicted molar refractivity (Wildman–Crippen MR) is 73.8 cm³/mol. The van der Waals surface area contributed by atoms with E-state index in [0.717, 1.165) is 13.0 Å². The van der Waals surface area contributed by atoms with Gasteiger partial charge in [0.05, 0.1) is 0 Å². The van der Waals surface area contributed by atoms with Crippen molar-refractivity contribution in [2.75, 3.05) is 20.8 Å². The zero-order chi connectivity index (χ0) is 13.0. The van der Waals surface area contributed by atoms with Crippen LogP contribution in [0.25, 0.3) is 0 Å². The summed E-state index contributed by atoms with van der Waals surface area (Å²) in [6.45, 7) is 3.09. The molecule has 0 fully saturated rings. The van der Waals surface area contributed by atoms with E-state index in [9.17, 15) is 0 Å². The van der Waals surface area contributed by atoms with E-state index in [-0.39, 0.29) is 0 Å². The smallest absolute Gasteiger partial charge is 0.0488 e. The molecule has 0 aliphatic heterocycles. The lowest BCUT2D eigenvalue weighted by Gasteiger charge is -2.26. The van der Waals surface area contributed by atoms with Gasteiger partial charge in [-0.3, -0.25) is 4.98 Å². The van der Waals surface area contributed by atoms with Gasteiger partial charge in [-0.1, -0.05) is 13.0 Å². The molecule has 1 aliphatic carbocycles. The van der Waals surface area contributed by atoms with Crippen molar-refractivity contribution in [2.24, 2.45) is 5.92 Å². The van der Waals surface area contributed by atoms with Crippen LogP contribution in [0.5, 0.6) is 0 Å². The second-order valence-electron chi connectivity index (χ2n) is 5.38. The highest BCUT2D eigenvalue weighted by Gasteiger charge is 2.30. The van der Waals surface area contributed by atoms with Crippen molar-refractivity contribution in [3.8, 4) is 0 Å². The number of aromatic nitrogens is 1. The van der Waals surface area contributed by atoms with Crippen LogP contribution < -0.4 is 5.32 Å². The second-order valence-corrected chi connectivity index (χ2v) is 5.38. The number of nitrogens with one attached hydrogen (secondary N) is 1. The van der Waals surface area contributed by atoms with Crippen molar-refractivity contribution in [2.45, 2.75) is 38.1 Å². The molecule has 1 aromatic rings. The highest BCUT2D eigenvalue weighted by Crippen LogP contribution is 2.35. The van der Waals surface area contributed by atoms with Gasteiger partial charge in [-0.2, -0.15) is 0 Å². The van der Waals surface area contributed by atoms with E-state index in [1.165, 1.54) is 24.1 Å². The van der Waals surface area contributed by atoms with Crippen LogP contribution in [-0.2, 0) is 11.2 Å². The predicted octanol–water partition coefficient (Wildman–Crippen LogP) is 2.37. The van der Waals surface area contributed by atoms with Crippen LogP contribution in [0.3, 0.4) is 0 Å². The summed E-state index contributed by atoms with van der Waals surface area (Å²) in [5, 5.41) is 3.48. The van der Waals surface area contributed by atoms with Gasteiger partial charge in [-0.05, 0) is 43.9 Å². The van der Waals surface area contributed by atoms with Crippen LogP contribution in [0.4, 0.5) is 0 Å². The lowest BCUT2D eigenvalue weighted by molar-refractivity contribution is 0.147. The van der Waals surface area contributed by atoms with Gasteiger partial charge in [0.25, 0.3) is 0 Å². The summed E-state index contributed by atoms with van der Waals surface area (Å²) in [6, 6.07) is 4.77. The van der Waals surface area contributed by atoms with E-state index < -0.39 is 0 Å². The van der Waals surface area contributed by atoms with Crippen LogP contribution in [0.1, 0.15) is 36.9 Å². The van der Waals surface area contributed by atoms with E-state index in [4.69, 9.17) is 4.74 Å². The van der Waals surface area contributed by atoms with E-state index in [2.05, 4.69) is 30.3 Å². The Morgan fingerprint density at radius 3 is 3.11 bits per heavy atom. The van der Waals surface area contributed by atoms with Crippen molar-refractivity contribution < 1.29 is 4.74 Å². The molecule has 3 nitrogen and oxygen atoms in total. The van der Waals surface area contributed by atoms with Crippen LogP contribution in [0, 0.1) is 5.92 Å². The Morgan fingerprint density at radius 2 is 2.39 bits per heavy atom. The van der Waals surface area contributed by atoms with Gasteiger partial charge in [-0.15, -0.1) is 0 Å². The number of ether oxygens (including phenoxy) is 1. The van der Waals surface area contributed by atoms with E-state index in [0.29, 0.717) is 17.9 Å². The maximum Gasteiger partial charge on any atom is 0.0488 e. The molecule has 0 radical (unpaired) electrons. The maximum absolute atomic E-state index is 5.24. The van der Waals surface area contributed by atoms with Crippen molar-refractivity contribution in [1.29, 1.82) is 0 Å². The van der Waals surface area contributed by atoms with E-state index in [1.54, 1.807) is 7.11 Å². The molecule has 0 bridgehead atoms. The molecule has 100 valence electrons. The number of hydrogen-bond acceptors (Lipinski definition) is 3. The fourth-order valence-corrected chi connectivity index (χ4v) is 3.10. The minimum atomic E-state index is 0.506. The first-order valence-electron chi connectivity index (χ1n) is 6.86. The minimum Gasteiger partial charge on any atom is -0.384 e. The summed E-state index contributed by atoms with van der Waals surface area (Å²) in [4.78, 5) is 4.59. The third kappa shape index (κ3) is 2.90. The van der Waals surface area contributed by atoms with Gasteiger partial charge in [0.2, 0.25) is 0 Å². The molecule has 0 spiro atoms. The molecule has 2 rings (SSSR count). The molecule has 1 aliphatic rings. The Kier molecular flexibility index (Phi) is 4.72. The zero-order valence-electron chi connectivity index (χ0n) is 11.6. The van der Waals surface area contributed by atoms with Gasteiger partial charge in [0, 0.05) is 37.6 Å². The summed E-state index contributed by atoms with van der Waals surface area (Å²) >= 11 is 0. The molecule has 1 aromatic heterocycles. The largest absolute Gasteiger partial charge is 0.384 e. The first-order chi connectivity index (χ1) is 8.76. The Bertz CT molecular complexity index is 381. The minimum absolute atomic E-state index is 0.506. The summed E-state index contributed by atoms with van der Waals surface area (Å²) in [7, 11) is 3.84. The number of methoxy groups -OCH3 is 1. The Balaban J connectivity index is 2.06. The number of fused-ring (bicyclic) bond motifs is 1. The average molecular weight is 248 g/mol. The van der Waals surface area contributed by atoms with Crippen molar-refractivity contribution >= 4 is 0 Å². The zero-order valence-corrected chi connectivity index (χ0v) is 11.6. The average Bonchev–Trinajstić information content (AvgIpc) is 2.80. The van der Waals surface area contributed by atoms with E-state index in [1.807, 2.05) is 12.3 Å². The van der Waals surface area contributed by atoms with Crippen molar-refractivity contribution in [3.63, 3.8) is 0 Å². The normalized spacial score (nSPS) is 21.6. The number of rotatable bonds is 6. The van der Waals surface area contributed by atoms with E-state index >= 15 is 0 Å². The molecule has 0 saturated heterocycles. The van der Waals surface area contributed by atoms with Crippen molar-refractivity contribution in [1.82, 2.24) is 10.3 Å². The lowest BCUT2D eigenvalue weighted by Crippen LogP contribution is -2.34. The Morgan fingerprint density at radius 1 is 1.56 bits per heavy atom. The lowest BCUT2D eigenvalue weighted by atomic mass is 9.89. The first kappa shape index (κ1) is 13.5. The maximum atomic E-state index is 5.24. The third-order valence-electron chi connectivity index (χ3n) is 3.97. The number of likely N-dealkylation sites (N-methyl/N-ethyl adjacent to an activating group) is 1. The van der Waals surface area contributed by atoms with Gasteiger partial charge in [0.1, 0.15) is 0 Å². The number of pyridine rings is 1. The molecular formula is C15H24N2O. The van der Waals surface area contributed by atoms with Gasteiger partial charge >= 0.3 is 0 Å². The molecule has 3 heteroatoms. The standard InChI is InChI=1S/C15H24N2O/c1-11(10-18-3)9-14(16-2)13-7-6-12-5-4-8-17-15(12)13/h4-5,8,11,13-14,16H,6-7,9-10H2,1-3H3. The van der Waals surface area contributed by atoms with Crippen LogP contribution in [-0.4, -0.2) is 31.8 Å².